The van der Waals surface area contributed by atoms with Crippen LogP contribution in [0, 0.1) is 55.4 Å². The van der Waals surface area contributed by atoms with Crippen molar-refractivity contribution in [1.29, 1.82) is 0 Å². The minimum absolute atomic E-state index is 0.409. The number of nitrogens with zero attached hydrogens (tertiary/aromatic N) is 6. The lowest BCUT2D eigenvalue weighted by molar-refractivity contribution is -0.325. The molecule has 0 saturated heterocycles. The van der Waals surface area contributed by atoms with E-state index < -0.39 is 20.6 Å². The van der Waals surface area contributed by atoms with Gasteiger partial charge in [-0.25, -0.2) is 15.0 Å². The Labute approximate surface area is 435 Å². The number of aromatic nitrogens is 9. The van der Waals surface area contributed by atoms with E-state index in [9.17, 15) is 9.11 Å². The molecule has 9 rings (SSSR count). The van der Waals surface area contributed by atoms with Crippen LogP contribution < -0.4 is 24.1 Å². The summed E-state index contributed by atoms with van der Waals surface area (Å²) in [6.07, 6.45) is 9.26. The number of rotatable bonds is 13. The fraction of sp³-hybridized carbons (Fsp3) is 0.333. The van der Waals surface area contributed by atoms with Gasteiger partial charge in [-0.15, -0.1) is 0 Å². The van der Waals surface area contributed by atoms with E-state index in [0.717, 1.165) is 108 Å². The molecule has 73 heavy (non-hydrogen) atoms. The third-order valence-corrected chi connectivity index (χ3v) is 17.4. The van der Waals surface area contributed by atoms with Crippen LogP contribution in [-0.4, -0.2) is 102 Å². The summed E-state index contributed by atoms with van der Waals surface area (Å²) in [6, 6.07) is 17.1. The van der Waals surface area contributed by atoms with Crippen LogP contribution in [0.5, 0.6) is 23.0 Å². The van der Waals surface area contributed by atoms with Crippen molar-refractivity contribution in [3.8, 4) is 23.0 Å². The first-order chi connectivity index (χ1) is 34.7. The minimum atomic E-state index is -2.18. The summed E-state index contributed by atoms with van der Waals surface area (Å²) in [5.74, 6) is 4.86. The van der Waals surface area contributed by atoms with Crippen LogP contribution >= 0.6 is 32.4 Å². The molecular formula is C54H68N9O7S3-. The van der Waals surface area contributed by atoms with Crippen LogP contribution in [0.2, 0.25) is 0 Å². The van der Waals surface area contributed by atoms with Gasteiger partial charge in [-0.3, -0.25) is 15.0 Å². The molecule has 0 aliphatic carbocycles. The van der Waals surface area contributed by atoms with Gasteiger partial charge in [-0.2, -0.15) is 7.11 Å². The van der Waals surface area contributed by atoms with E-state index in [0.29, 0.717) is 21.8 Å². The number of benzene rings is 3. The summed E-state index contributed by atoms with van der Waals surface area (Å²) in [4.78, 5) is 37.1. The Morgan fingerprint density at radius 1 is 0.493 bits per heavy atom. The van der Waals surface area contributed by atoms with Gasteiger partial charge in [-0.1, -0.05) is 32.4 Å². The molecule has 0 bridgehead atoms. The van der Waals surface area contributed by atoms with Crippen LogP contribution in [0.3, 0.4) is 0 Å². The lowest BCUT2D eigenvalue weighted by atomic mass is 10.1. The third-order valence-electron chi connectivity index (χ3n) is 12.8. The molecule has 0 aliphatic heterocycles. The fourth-order valence-electron chi connectivity index (χ4n) is 7.84. The maximum Gasteiger partial charge on any atom is 0.171 e. The number of imidazole rings is 3. The molecule has 2 atom stereocenters. The molecule has 0 saturated carbocycles. The van der Waals surface area contributed by atoms with Crippen LogP contribution in [-0.2, 0) is 17.3 Å². The molecule has 3 aromatic carbocycles. The molecule has 2 unspecified atom stereocenters. The van der Waals surface area contributed by atoms with Crippen molar-refractivity contribution >= 4 is 65.5 Å². The molecule has 0 fully saturated rings. The number of H-pyrrole nitrogens is 3. The van der Waals surface area contributed by atoms with Gasteiger partial charge < -0.3 is 48.1 Å². The summed E-state index contributed by atoms with van der Waals surface area (Å²) in [7, 11) is 3.03. The summed E-state index contributed by atoms with van der Waals surface area (Å²) >= 11 is 1.67. The van der Waals surface area contributed by atoms with E-state index in [2.05, 4.69) is 86.4 Å². The maximum atomic E-state index is 11.1. The zero-order valence-corrected chi connectivity index (χ0v) is 46.8. The van der Waals surface area contributed by atoms with E-state index >= 15 is 0 Å². The minimum Gasteiger partial charge on any atom is -0.857 e. The molecule has 19 heteroatoms. The van der Waals surface area contributed by atoms with Crippen LogP contribution in [0.4, 0.5) is 0 Å². The normalized spacial score (nSPS) is 13.6. The summed E-state index contributed by atoms with van der Waals surface area (Å²) in [5.41, 5.74) is 17.4. The number of thioether (sulfide) groups is 1. The SMILES string of the molecule is COc1ccc2nc(S(C)(O)Cc3ncc(C)c(C)c3C)[nH]c2c1.COc1ccc2nc(S(C)(O)Cc3ncc(C)c(OC)c3C)[nH]c2c1.COc1ccc2nc(SCc3ncc(C)c(C)c3C)[nH]c2c1.C[O-]. The number of pyridine rings is 3. The summed E-state index contributed by atoms with van der Waals surface area (Å²) in [5, 5.41) is 10.4. The Morgan fingerprint density at radius 2 is 0.877 bits per heavy atom. The average Bonchev–Trinajstić information content (AvgIpc) is 4.14. The maximum absolute atomic E-state index is 11.1. The summed E-state index contributed by atoms with van der Waals surface area (Å²) < 4.78 is 43.3. The number of hydrogen-bond donors (Lipinski definition) is 5. The predicted molar refractivity (Wildman–Crippen MR) is 297 cm³/mol. The molecular weight excluding hydrogens is 983 g/mol. The van der Waals surface area contributed by atoms with Crippen molar-refractivity contribution < 1.29 is 33.2 Å². The van der Waals surface area contributed by atoms with Crippen molar-refractivity contribution in [3.63, 3.8) is 0 Å². The molecule has 16 nitrogen and oxygen atoms in total. The Bertz CT molecular complexity index is 3350. The first-order valence-electron chi connectivity index (χ1n) is 23.2. The molecule has 6 aromatic heterocycles. The van der Waals surface area contributed by atoms with E-state index in [-0.39, 0.29) is 0 Å². The van der Waals surface area contributed by atoms with Crippen LogP contribution in [0.25, 0.3) is 33.1 Å². The molecule has 0 radical (unpaired) electrons. The van der Waals surface area contributed by atoms with Gasteiger partial charge in [0.2, 0.25) is 0 Å². The second kappa shape index (κ2) is 24.1. The van der Waals surface area contributed by atoms with Gasteiger partial charge in [-0.05, 0) is 138 Å². The average molecular weight is 1050 g/mol. The number of fused-ring (bicyclic) bond motifs is 3. The van der Waals surface area contributed by atoms with Gasteiger partial charge in [0.1, 0.15) is 23.0 Å². The number of methoxy groups -OCH3 is 4. The van der Waals surface area contributed by atoms with Gasteiger partial charge in [0, 0.05) is 65.2 Å². The zero-order chi connectivity index (χ0) is 53.4. The Kier molecular flexibility index (Phi) is 18.5. The highest BCUT2D eigenvalue weighted by Crippen LogP contribution is 2.52. The van der Waals surface area contributed by atoms with Gasteiger partial charge in [0.05, 0.1) is 78.6 Å². The predicted octanol–water partition coefficient (Wildman–Crippen LogP) is 11.6. The van der Waals surface area contributed by atoms with Crippen molar-refractivity contribution in [2.24, 2.45) is 0 Å². The quantitative estimate of drug-likeness (QED) is 0.0678. The lowest BCUT2D eigenvalue weighted by Crippen LogP contribution is -2.07. The highest BCUT2D eigenvalue weighted by Gasteiger charge is 2.26. The largest absolute Gasteiger partial charge is 0.857 e. The number of aromatic amines is 3. The Hall–Kier alpha value is -6.35. The smallest absolute Gasteiger partial charge is 0.171 e. The van der Waals surface area contributed by atoms with Gasteiger partial charge in [0.25, 0.3) is 0 Å². The second-order valence-corrected chi connectivity index (χ2v) is 24.2. The van der Waals surface area contributed by atoms with E-state index in [4.69, 9.17) is 24.1 Å². The topological polar surface area (TPSA) is 225 Å². The molecule has 5 N–H and O–H groups in total. The van der Waals surface area contributed by atoms with Crippen molar-refractivity contribution in [2.75, 3.05) is 48.1 Å². The zero-order valence-electron chi connectivity index (χ0n) is 44.4. The molecule has 6 heterocycles. The van der Waals surface area contributed by atoms with Gasteiger partial charge >= 0.3 is 0 Å². The highest BCUT2D eigenvalue weighted by atomic mass is 32.3. The van der Waals surface area contributed by atoms with E-state index in [1.165, 1.54) is 27.8 Å². The number of ether oxygens (including phenoxy) is 4. The number of hydrogen-bond acceptors (Lipinski definition) is 14. The van der Waals surface area contributed by atoms with Crippen LogP contribution in [0.1, 0.15) is 61.6 Å². The number of nitrogens with one attached hydrogen (secondary N) is 3. The monoisotopic (exact) mass is 1050 g/mol. The van der Waals surface area contributed by atoms with Crippen molar-refractivity contribution in [1.82, 2.24) is 44.9 Å². The van der Waals surface area contributed by atoms with Gasteiger partial charge in [0.15, 0.2) is 15.5 Å². The molecule has 390 valence electrons. The van der Waals surface area contributed by atoms with Crippen molar-refractivity contribution in [2.45, 2.75) is 88.1 Å². The molecule has 0 spiro atoms. The molecule has 0 aliphatic rings. The first kappa shape index (κ1) is 56.0. The fourth-order valence-corrected chi connectivity index (χ4v) is 11.9. The Balaban J connectivity index is 0.000000176. The number of aryl methyl sites for hydroxylation is 3. The first-order valence-corrected chi connectivity index (χ1v) is 28.5. The second-order valence-electron chi connectivity index (χ2n) is 17.8. The lowest BCUT2D eigenvalue weighted by Gasteiger charge is -2.27. The van der Waals surface area contributed by atoms with Crippen LogP contribution in [0.15, 0.2) is 88.7 Å². The van der Waals surface area contributed by atoms with E-state index in [1.807, 2.05) is 93.4 Å². The standard InChI is InChI=1S/C18H23N3O3S.C18H23N3O2S.C17H19N3OS.CH3O/c1-11-9-19-16(12(2)17(11)24-4)10-25(5,22)18-20-14-7-6-13(23-3)8-15(14)21-18;1-11-9-19-17(13(3)12(11)2)10-24(5,22)18-20-15-7-6-14(23-4)8-16(15)21-18;1-10-8-18-16(12(3)11(10)2)9-22-17-19-14-6-5-13(21-4)7-15(14)20-17;1-2/h6-9,22H,10H2,1-5H3,(H,20,21);6-9,22H,10H2,1-5H3,(H,20,21);5-8H,9H2,1-4H3,(H,19,20);1H3/q;;;-1. The van der Waals surface area contributed by atoms with Crippen molar-refractivity contribution in [3.05, 3.63) is 135 Å². The summed E-state index contributed by atoms with van der Waals surface area (Å²) in [6.45, 7) is 16.5. The van der Waals surface area contributed by atoms with E-state index in [1.54, 1.807) is 46.4 Å². The third kappa shape index (κ3) is 13.1. The highest BCUT2D eigenvalue weighted by molar-refractivity contribution is 8.28. The molecule has 0 amide bonds. The molecule has 9 aromatic rings. The Morgan fingerprint density at radius 3 is 1.32 bits per heavy atom.